The van der Waals surface area contributed by atoms with Crippen LogP contribution in [-0.4, -0.2) is 37.3 Å². The number of methoxy groups -OCH3 is 1. The van der Waals surface area contributed by atoms with E-state index in [9.17, 15) is 9.59 Å². The molecule has 6 nitrogen and oxygen atoms in total. The van der Waals surface area contributed by atoms with E-state index in [1.807, 2.05) is 32.0 Å². The van der Waals surface area contributed by atoms with Crippen LogP contribution in [0.3, 0.4) is 0 Å². The zero-order chi connectivity index (χ0) is 17.2. The molecule has 1 rings (SSSR count). The number of hydrogen-bond acceptors (Lipinski definition) is 5. The molecule has 1 aromatic carbocycles. The van der Waals surface area contributed by atoms with Gasteiger partial charge in [0.25, 0.3) is 0 Å². The van der Waals surface area contributed by atoms with Crippen molar-refractivity contribution >= 4 is 34.9 Å². The average molecular weight is 338 g/mol. The summed E-state index contributed by atoms with van der Waals surface area (Å²) >= 11 is 5.08. The van der Waals surface area contributed by atoms with E-state index in [-0.39, 0.29) is 30.5 Å². The lowest BCUT2D eigenvalue weighted by Crippen LogP contribution is -2.34. The summed E-state index contributed by atoms with van der Waals surface area (Å²) in [5.41, 5.74) is 3.11. The average Bonchev–Trinajstić information content (AvgIpc) is 2.49. The Labute approximate surface area is 141 Å². The van der Waals surface area contributed by atoms with Crippen LogP contribution < -0.4 is 10.6 Å². The van der Waals surface area contributed by atoms with Crippen LogP contribution >= 0.6 is 12.2 Å². The lowest BCUT2D eigenvalue weighted by atomic mass is 10.1. The molecule has 2 N–H and O–H groups in total. The number of rotatable bonds is 7. The Kier molecular flexibility index (Phi) is 8.21. The predicted molar refractivity (Wildman–Crippen MR) is 92.3 cm³/mol. The highest BCUT2D eigenvalue weighted by molar-refractivity contribution is 7.80. The largest absolute Gasteiger partial charge is 0.463 e. The second kappa shape index (κ2) is 9.91. The molecule has 0 radical (unpaired) electrons. The van der Waals surface area contributed by atoms with Gasteiger partial charge in [0.15, 0.2) is 5.11 Å². The maximum absolute atomic E-state index is 11.7. The molecular formula is C16H22N2O4S. The number of anilines is 1. The van der Waals surface area contributed by atoms with Gasteiger partial charge in [-0.2, -0.15) is 0 Å². The zero-order valence-electron chi connectivity index (χ0n) is 13.6. The van der Waals surface area contributed by atoms with E-state index in [2.05, 4.69) is 10.6 Å². The number of benzene rings is 1. The van der Waals surface area contributed by atoms with E-state index in [0.717, 1.165) is 11.3 Å². The molecule has 7 heteroatoms. The number of ether oxygens (including phenoxy) is 2. The summed E-state index contributed by atoms with van der Waals surface area (Å²) < 4.78 is 9.63. The van der Waals surface area contributed by atoms with E-state index in [0.29, 0.717) is 6.61 Å². The standard InChI is InChI=1S/C16H22N2O4S/c1-11-4-5-13(10-12(11)2)17-16(23)18-14(19)6-7-15(20)22-9-8-21-3/h4-5,10H,6-9H2,1-3H3,(H2,17,18,19,23). The Morgan fingerprint density at radius 3 is 2.52 bits per heavy atom. The van der Waals surface area contributed by atoms with E-state index >= 15 is 0 Å². The molecule has 1 amide bonds. The third-order valence-corrected chi connectivity index (χ3v) is 3.33. The minimum absolute atomic E-state index is 0.00179. The van der Waals surface area contributed by atoms with Gasteiger partial charge in [-0.05, 0) is 49.3 Å². The number of carbonyl (C=O) groups is 2. The van der Waals surface area contributed by atoms with Crippen molar-refractivity contribution in [3.05, 3.63) is 29.3 Å². The second-order valence-electron chi connectivity index (χ2n) is 5.01. The molecule has 0 saturated heterocycles. The van der Waals surface area contributed by atoms with Crippen molar-refractivity contribution in [2.45, 2.75) is 26.7 Å². The van der Waals surface area contributed by atoms with Crippen molar-refractivity contribution in [2.24, 2.45) is 0 Å². The Balaban J connectivity index is 2.32. The van der Waals surface area contributed by atoms with Crippen molar-refractivity contribution in [3.8, 4) is 0 Å². The van der Waals surface area contributed by atoms with Crippen molar-refractivity contribution in [1.82, 2.24) is 5.32 Å². The molecule has 23 heavy (non-hydrogen) atoms. The fourth-order valence-electron chi connectivity index (χ4n) is 1.70. The van der Waals surface area contributed by atoms with Gasteiger partial charge in [-0.3, -0.25) is 9.59 Å². The summed E-state index contributed by atoms with van der Waals surface area (Å²) in [6.45, 7) is 4.54. The summed E-state index contributed by atoms with van der Waals surface area (Å²) in [4.78, 5) is 23.1. The van der Waals surface area contributed by atoms with E-state index in [1.54, 1.807) is 0 Å². The molecule has 0 fully saturated rings. The SMILES string of the molecule is COCCOC(=O)CCC(=O)NC(=S)Nc1ccc(C)c(C)c1. The van der Waals surface area contributed by atoms with Crippen molar-refractivity contribution in [1.29, 1.82) is 0 Å². The van der Waals surface area contributed by atoms with Gasteiger partial charge in [-0.15, -0.1) is 0 Å². The fourth-order valence-corrected chi connectivity index (χ4v) is 1.93. The third-order valence-electron chi connectivity index (χ3n) is 3.12. The number of thiocarbonyl (C=S) groups is 1. The van der Waals surface area contributed by atoms with Gasteiger partial charge in [0, 0.05) is 19.2 Å². The van der Waals surface area contributed by atoms with Crippen molar-refractivity contribution in [3.63, 3.8) is 0 Å². The number of nitrogens with one attached hydrogen (secondary N) is 2. The van der Waals surface area contributed by atoms with Crippen molar-refractivity contribution in [2.75, 3.05) is 25.6 Å². The molecule has 1 aromatic rings. The second-order valence-corrected chi connectivity index (χ2v) is 5.42. The molecule has 0 atom stereocenters. The number of carbonyl (C=O) groups excluding carboxylic acids is 2. The van der Waals surface area contributed by atoms with Gasteiger partial charge < -0.3 is 20.1 Å². The fraction of sp³-hybridized carbons (Fsp3) is 0.438. The van der Waals surface area contributed by atoms with Gasteiger partial charge in [-0.1, -0.05) is 6.07 Å². The Hall–Kier alpha value is -1.99. The van der Waals surface area contributed by atoms with Crippen LogP contribution in [0.1, 0.15) is 24.0 Å². The normalized spacial score (nSPS) is 10.0. The Morgan fingerprint density at radius 1 is 1.13 bits per heavy atom. The Bertz CT molecular complexity index is 575. The summed E-state index contributed by atoms with van der Waals surface area (Å²) in [5, 5.41) is 5.67. The molecule has 0 spiro atoms. The monoisotopic (exact) mass is 338 g/mol. The number of amides is 1. The van der Waals surface area contributed by atoms with Gasteiger partial charge in [-0.25, -0.2) is 0 Å². The number of esters is 1. The topological polar surface area (TPSA) is 76.7 Å². The molecule has 0 aliphatic heterocycles. The molecule has 0 aromatic heterocycles. The van der Waals surface area contributed by atoms with Crippen LogP contribution in [-0.2, 0) is 19.1 Å². The van der Waals surface area contributed by atoms with E-state index in [4.69, 9.17) is 21.7 Å². The first kappa shape index (κ1) is 19.1. The summed E-state index contributed by atoms with van der Waals surface area (Å²) in [7, 11) is 1.52. The molecule has 0 aliphatic carbocycles. The number of aryl methyl sites for hydroxylation is 2. The summed E-state index contributed by atoms with van der Waals surface area (Å²) in [6, 6.07) is 5.80. The third kappa shape index (κ3) is 7.71. The van der Waals surface area contributed by atoms with Crippen LogP contribution in [0, 0.1) is 13.8 Å². The molecule has 0 unspecified atom stereocenters. The van der Waals surface area contributed by atoms with Crippen LogP contribution in [0.5, 0.6) is 0 Å². The first-order valence-electron chi connectivity index (χ1n) is 7.25. The zero-order valence-corrected chi connectivity index (χ0v) is 14.4. The molecule has 0 aliphatic rings. The molecule has 0 bridgehead atoms. The first-order valence-corrected chi connectivity index (χ1v) is 7.66. The Morgan fingerprint density at radius 2 is 1.87 bits per heavy atom. The highest BCUT2D eigenvalue weighted by Gasteiger charge is 2.09. The van der Waals surface area contributed by atoms with Crippen LogP contribution in [0.4, 0.5) is 5.69 Å². The molecule has 0 saturated carbocycles. The maximum Gasteiger partial charge on any atom is 0.306 e. The van der Waals surface area contributed by atoms with Crippen LogP contribution in [0.2, 0.25) is 0 Å². The van der Waals surface area contributed by atoms with Gasteiger partial charge in [0.1, 0.15) is 6.61 Å². The molecule has 0 heterocycles. The summed E-state index contributed by atoms with van der Waals surface area (Å²) in [6.07, 6.45) is 0.0162. The quantitative estimate of drug-likeness (QED) is 0.450. The van der Waals surface area contributed by atoms with E-state index in [1.165, 1.54) is 12.7 Å². The van der Waals surface area contributed by atoms with Crippen molar-refractivity contribution < 1.29 is 19.1 Å². The van der Waals surface area contributed by atoms with Gasteiger partial charge in [0.05, 0.1) is 13.0 Å². The lowest BCUT2D eigenvalue weighted by molar-refractivity contribution is -0.146. The predicted octanol–water partition coefficient (Wildman–Crippen LogP) is 2.09. The first-order chi connectivity index (χ1) is 10.9. The lowest BCUT2D eigenvalue weighted by Gasteiger charge is -2.11. The maximum atomic E-state index is 11.7. The molecule has 126 valence electrons. The van der Waals surface area contributed by atoms with Gasteiger partial charge >= 0.3 is 5.97 Å². The highest BCUT2D eigenvalue weighted by Crippen LogP contribution is 2.13. The van der Waals surface area contributed by atoms with Crippen LogP contribution in [0.25, 0.3) is 0 Å². The highest BCUT2D eigenvalue weighted by atomic mass is 32.1. The minimum atomic E-state index is -0.440. The van der Waals surface area contributed by atoms with Crippen LogP contribution in [0.15, 0.2) is 18.2 Å². The minimum Gasteiger partial charge on any atom is -0.463 e. The summed E-state index contributed by atoms with van der Waals surface area (Å²) in [5.74, 6) is -0.778. The molecular weight excluding hydrogens is 316 g/mol. The smallest absolute Gasteiger partial charge is 0.306 e. The van der Waals surface area contributed by atoms with E-state index < -0.39 is 5.97 Å². The van der Waals surface area contributed by atoms with Gasteiger partial charge in [0.2, 0.25) is 5.91 Å². The number of hydrogen-bond donors (Lipinski definition) is 2.